The quantitative estimate of drug-likeness (QED) is 0.393. The van der Waals surface area contributed by atoms with Crippen molar-refractivity contribution in [3.63, 3.8) is 0 Å². The van der Waals surface area contributed by atoms with Crippen molar-refractivity contribution in [1.82, 2.24) is 25.1 Å². The first-order valence-corrected chi connectivity index (χ1v) is 13.9. The highest BCUT2D eigenvalue weighted by Gasteiger charge is 2.32. The highest BCUT2D eigenvalue weighted by molar-refractivity contribution is 5.99. The summed E-state index contributed by atoms with van der Waals surface area (Å²) in [6, 6.07) is 4.71. The normalized spacial score (nSPS) is 20.7. The molecule has 208 valence electrons. The second-order valence-corrected chi connectivity index (χ2v) is 10.4. The molecule has 0 bridgehead atoms. The average Bonchev–Trinajstić information content (AvgIpc) is 3.60. The molecule has 3 heterocycles. The number of fused-ring (bicyclic) bond motifs is 1. The van der Waals surface area contributed by atoms with Crippen LogP contribution in [0.1, 0.15) is 80.8 Å². The number of halogens is 1. The van der Waals surface area contributed by atoms with Crippen LogP contribution in [0.2, 0.25) is 0 Å². The molecular weight excluding hydrogens is 501 g/mol. The zero-order chi connectivity index (χ0) is 27.5. The molecule has 1 aliphatic carbocycles. The number of carbonyl (C=O) groups is 2. The van der Waals surface area contributed by atoms with E-state index in [0.29, 0.717) is 53.7 Å². The molecule has 0 radical (unpaired) electrons. The van der Waals surface area contributed by atoms with Crippen molar-refractivity contribution < 1.29 is 23.5 Å². The van der Waals surface area contributed by atoms with E-state index in [9.17, 15) is 9.59 Å². The Hall–Kier alpha value is -3.53. The van der Waals surface area contributed by atoms with E-state index < -0.39 is 17.8 Å². The molecule has 0 spiro atoms. The summed E-state index contributed by atoms with van der Waals surface area (Å²) < 4.78 is 28.4. The predicted molar refractivity (Wildman–Crippen MR) is 144 cm³/mol. The number of ether oxygens (including phenoxy) is 2. The van der Waals surface area contributed by atoms with Crippen LogP contribution in [0.5, 0.6) is 0 Å². The molecule has 0 saturated heterocycles. The smallest absolute Gasteiger partial charge is 0.334 e. The van der Waals surface area contributed by atoms with Crippen molar-refractivity contribution >= 4 is 28.5 Å². The van der Waals surface area contributed by atoms with Crippen LogP contribution in [0.4, 0.5) is 4.39 Å². The van der Waals surface area contributed by atoms with Gasteiger partial charge in [-0.25, -0.2) is 14.2 Å². The number of nitrogens with zero attached hydrogens (tertiary/aromatic N) is 3. The summed E-state index contributed by atoms with van der Waals surface area (Å²) in [5.41, 5.74) is 2.39. The zero-order valence-corrected chi connectivity index (χ0v) is 22.8. The minimum absolute atomic E-state index is 0.123. The zero-order valence-electron chi connectivity index (χ0n) is 22.8. The van der Waals surface area contributed by atoms with Crippen molar-refractivity contribution in [2.24, 2.45) is 11.8 Å². The summed E-state index contributed by atoms with van der Waals surface area (Å²) in [6.45, 7) is 7.25. The number of hydrogen-bond donors (Lipinski definition) is 2. The molecule has 5 rings (SSSR count). The third kappa shape index (κ3) is 5.48. The monoisotopic (exact) mass is 537 g/mol. The van der Waals surface area contributed by atoms with Crippen molar-refractivity contribution in [2.75, 3.05) is 19.8 Å². The van der Waals surface area contributed by atoms with Gasteiger partial charge in [0.1, 0.15) is 17.0 Å². The molecule has 1 saturated carbocycles. The molecule has 1 amide bonds. The van der Waals surface area contributed by atoms with Crippen LogP contribution >= 0.6 is 0 Å². The van der Waals surface area contributed by atoms with Gasteiger partial charge in [0.25, 0.3) is 5.91 Å². The first-order valence-electron chi connectivity index (χ1n) is 13.9. The second kappa shape index (κ2) is 11.7. The molecule has 1 aliphatic heterocycles. The van der Waals surface area contributed by atoms with E-state index in [0.717, 1.165) is 25.7 Å². The fourth-order valence-corrected chi connectivity index (χ4v) is 5.73. The number of carbonyl (C=O) groups excluding carboxylic acids is 2. The first kappa shape index (κ1) is 27.1. The summed E-state index contributed by atoms with van der Waals surface area (Å²) in [6.07, 6.45) is 5.98. The SMILES string of the molecule is CCOC(=O)C1=C(c2ccc3[nH]c(C(NC(=O)c4ccnn4CC)C4CCC(C)CC4)nc3c2F)COCC1. The maximum atomic E-state index is 16.0. The standard InChI is InChI=1S/C29H36FN5O4/c1-4-35-23(12-14-31-35)28(36)34-25(18-8-6-17(3)7-9-18)27-32-22-11-10-19(24(30)26(22)33-27)21-16-38-15-13-20(21)29(37)39-5-2/h10-12,14,17-18,25H,4-9,13,15-16H2,1-3H3,(H,32,33)(H,34,36). The molecule has 10 heteroatoms. The number of H-pyrrole nitrogens is 1. The fourth-order valence-electron chi connectivity index (χ4n) is 5.73. The topological polar surface area (TPSA) is 111 Å². The largest absolute Gasteiger partial charge is 0.463 e. The highest BCUT2D eigenvalue weighted by Crippen LogP contribution is 2.38. The number of esters is 1. The lowest BCUT2D eigenvalue weighted by atomic mass is 9.79. The van der Waals surface area contributed by atoms with Gasteiger partial charge in [0.15, 0.2) is 5.82 Å². The fraction of sp³-hybridized carbons (Fsp3) is 0.517. The molecule has 1 atom stereocenters. The van der Waals surface area contributed by atoms with Crippen molar-refractivity contribution in [3.8, 4) is 0 Å². The molecule has 2 N–H and O–H groups in total. The van der Waals surface area contributed by atoms with Crippen molar-refractivity contribution in [2.45, 2.75) is 65.5 Å². The van der Waals surface area contributed by atoms with Gasteiger partial charge in [-0.2, -0.15) is 5.10 Å². The minimum atomic E-state index is -0.524. The Morgan fingerprint density at radius 3 is 2.77 bits per heavy atom. The number of hydrogen-bond acceptors (Lipinski definition) is 6. The third-order valence-electron chi connectivity index (χ3n) is 7.93. The second-order valence-electron chi connectivity index (χ2n) is 10.4. The summed E-state index contributed by atoms with van der Waals surface area (Å²) in [7, 11) is 0. The van der Waals surface area contributed by atoms with E-state index in [2.05, 4.69) is 22.3 Å². The Labute approximate surface area is 227 Å². The lowest BCUT2D eigenvalue weighted by Gasteiger charge is -2.32. The van der Waals surface area contributed by atoms with Gasteiger partial charge >= 0.3 is 5.97 Å². The minimum Gasteiger partial charge on any atom is -0.463 e. The molecular formula is C29H36FN5O4. The van der Waals surface area contributed by atoms with Gasteiger partial charge in [-0.1, -0.05) is 19.8 Å². The van der Waals surface area contributed by atoms with Crippen molar-refractivity contribution in [3.05, 3.63) is 52.9 Å². The Kier molecular flexibility index (Phi) is 8.11. The number of amides is 1. The summed E-state index contributed by atoms with van der Waals surface area (Å²) >= 11 is 0. The Morgan fingerprint density at radius 1 is 1.23 bits per heavy atom. The lowest BCUT2D eigenvalue weighted by Crippen LogP contribution is -2.36. The Bertz CT molecular complexity index is 1390. The third-order valence-corrected chi connectivity index (χ3v) is 7.93. The number of aryl methyl sites for hydroxylation is 1. The van der Waals surface area contributed by atoms with Gasteiger partial charge in [-0.05, 0) is 62.3 Å². The van der Waals surface area contributed by atoms with Crippen LogP contribution in [0.15, 0.2) is 30.0 Å². The molecule has 2 aromatic heterocycles. The van der Waals surface area contributed by atoms with E-state index in [-0.39, 0.29) is 36.1 Å². The van der Waals surface area contributed by atoms with Crippen LogP contribution in [-0.4, -0.2) is 51.4 Å². The summed E-state index contributed by atoms with van der Waals surface area (Å²) in [5, 5.41) is 7.41. The van der Waals surface area contributed by atoms with Crippen LogP contribution in [0.25, 0.3) is 16.6 Å². The Balaban J connectivity index is 1.52. The van der Waals surface area contributed by atoms with Gasteiger partial charge in [0, 0.05) is 30.3 Å². The number of rotatable bonds is 8. The van der Waals surface area contributed by atoms with Crippen LogP contribution in [0, 0.1) is 17.7 Å². The van der Waals surface area contributed by atoms with Crippen LogP contribution < -0.4 is 5.32 Å². The molecule has 1 unspecified atom stereocenters. The predicted octanol–water partition coefficient (Wildman–Crippen LogP) is 4.95. The lowest BCUT2D eigenvalue weighted by molar-refractivity contribution is -0.138. The van der Waals surface area contributed by atoms with Gasteiger partial charge in [0.2, 0.25) is 0 Å². The van der Waals surface area contributed by atoms with E-state index in [1.54, 1.807) is 36.0 Å². The highest BCUT2D eigenvalue weighted by atomic mass is 19.1. The van der Waals surface area contributed by atoms with E-state index in [1.807, 2.05) is 6.92 Å². The average molecular weight is 538 g/mol. The van der Waals surface area contributed by atoms with E-state index in [1.165, 1.54) is 0 Å². The van der Waals surface area contributed by atoms with Crippen molar-refractivity contribution in [1.29, 1.82) is 0 Å². The Morgan fingerprint density at radius 2 is 2.03 bits per heavy atom. The molecule has 1 aromatic carbocycles. The van der Waals surface area contributed by atoms with Gasteiger partial charge in [0.05, 0.1) is 31.4 Å². The maximum absolute atomic E-state index is 16.0. The number of benzene rings is 1. The number of nitrogens with one attached hydrogen (secondary N) is 2. The first-order chi connectivity index (χ1) is 18.9. The number of aromatic amines is 1. The molecule has 9 nitrogen and oxygen atoms in total. The molecule has 1 fully saturated rings. The maximum Gasteiger partial charge on any atom is 0.334 e. The molecule has 2 aliphatic rings. The molecule has 39 heavy (non-hydrogen) atoms. The number of imidazole rings is 1. The van der Waals surface area contributed by atoms with Gasteiger partial charge in [-0.3, -0.25) is 9.48 Å². The van der Waals surface area contributed by atoms with E-state index in [4.69, 9.17) is 14.5 Å². The molecule has 3 aromatic rings. The van der Waals surface area contributed by atoms with Crippen LogP contribution in [0.3, 0.4) is 0 Å². The number of aromatic nitrogens is 4. The summed E-state index contributed by atoms with van der Waals surface area (Å²) in [5.74, 6) is 0.118. The summed E-state index contributed by atoms with van der Waals surface area (Å²) in [4.78, 5) is 33.9. The van der Waals surface area contributed by atoms with Gasteiger partial charge in [-0.15, -0.1) is 0 Å². The van der Waals surface area contributed by atoms with E-state index >= 15 is 4.39 Å². The van der Waals surface area contributed by atoms with Gasteiger partial charge < -0.3 is 19.8 Å². The van der Waals surface area contributed by atoms with Crippen LogP contribution in [-0.2, 0) is 20.8 Å².